The van der Waals surface area contributed by atoms with Crippen LogP contribution >= 0.6 is 0 Å². The van der Waals surface area contributed by atoms with Crippen molar-refractivity contribution in [2.75, 3.05) is 26.2 Å². The van der Waals surface area contributed by atoms with Crippen molar-refractivity contribution in [3.8, 4) is 5.75 Å². The van der Waals surface area contributed by atoms with Crippen molar-refractivity contribution < 1.29 is 4.74 Å². The molecule has 100 valence electrons. The van der Waals surface area contributed by atoms with E-state index in [9.17, 15) is 0 Å². The van der Waals surface area contributed by atoms with Gasteiger partial charge in [-0.05, 0) is 57.0 Å². The van der Waals surface area contributed by atoms with Gasteiger partial charge >= 0.3 is 0 Å². The highest BCUT2D eigenvalue weighted by Crippen LogP contribution is 2.19. The Balaban J connectivity index is 1.80. The van der Waals surface area contributed by atoms with Gasteiger partial charge in [0.05, 0.1) is 6.61 Å². The van der Waals surface area contributed by atoms with Crippen LogP contribution in [0.25, 0.3) is 0 Å². The number of ether oxygens (including phenoxy) is 1. The average Bonchev–Trinajstić information content (AvgIpc) is 2.86. The molecule has 18 heavy (non-hydrogen) atoms. The summed E-state index contributed by atoms with van der Waals surface area (Å²) < 4.78 is 5.55. The van der Waals surface area contributed by atoms with Gasteiger partial charge in [0.1, 0.15) is 5.75 Å². The van der Waals surface area contributed by atoms with Crippen LogP contribution in [0.15, 0.2) is 18.2 Å². The third kappa shape index (κ3) is 3.72. The van der Waals surface area contributed by atoms with E-state index in [0.29, 0.717) is 6.04 Å². The molecule has 0 aliphatic carbocycles. The van der Waals surface area contributed by atoms with Crippen molar-refractivity contribution in [3.05, 3.63) is 29.3 Å². The lowest BCUT2D eigenvalue weighted by molar-refractivity contribution is 0.338. The van der Waals surface area contributed by atoms with E-state index in [1.165, 1.54) is 17.5 Å². The molecule has 0 amide bonds. The van der Waals surface area contributed by atoms with Crippen molar-refractivity contribution in [3.63, 3.8) is 0 Å². The molecule has 1 atom stereocenters. The van der Waals surface area contributed by atoms with Crippen LogP contribution in [-0.4, -0.2) is 32.3 Å². The molecule has 1 fully saturated rings. The Morgan fingerprint density at radius 3 is 3.00 bits per heavy atom. The summed E-state index contributed by atoms with van der Waals surface area (Å²) in [5, 5.41) is 6.97. The maximum Gasteiger partial charge on any atom is 0.122 e. The standard InChI is InChI=1S/C15H24N2O/c1-3-18-15-5-4-13(10-12(15)2)6-9-17-14-7-8-16-11-14/h4-5,10,14,16-17H,3,6-9,11H2,1-2H3. The first-order valence-electron chi connectivity index (χ1n) is 6.96. The minimum Gasteiger partial charge on any atom is -0.494 e. The molecule has 0 saturated carbocycles. The molecule has 1 heterocycles. The first-order valence-corrected chi connectivity index (χ1v) is 6.96. The first kappa shape index (κ1) is 13.4. The number of hydrogen-bond donors (Lipinski definition) is 2. The van der Waals surface area contributed by atoms with Crippen LogP contribution in [0.5, 0.6) is 5.75 Å². The Morgan fingerprint density at radius 1 is 1.44 bits per heavy atom. The average molecular weight is 248 g/mol. The van der Waals surface area contributed by atoms with E-state index >= 15 is 0 Å². The van der Waals surface area contributed by atoms with Crippen LogP contribution in [0.2, 0.25) is 0 Å². The molecule has 1 saturated heterocycles. The molecule has 0 aromatic heterocycles. The molecule has 1 unspecified atom stereocenters. The highest BCUT2D eigenvalue weighted by atomic mass is 16.5. The highest BCUT2D eigenvalue weighted by molar-refractivity contribution is 5.36. The molecular weight excluding hydrogens is 224 g/mol. The van der Waals surface area contributed by atoms with Gasteiger partial charge in [-0.1, -0.05) is 12.1 Å². The lowest BCUT2D eigenvalue weighted by Crippen LogP contribution is -2.32. The summed E-state index contributed by atoms with van der Waals surface area (Å²) >= 11 is 0. The van der Waals surface area contributed by atoms with Crippen LogP contribution in [0, 0.1) is 6.92 Å². The minimum atomic E-state index is 0.661. The molecule has 2 N–H and O–H groups in total. The summed E-state index contributed by atoms with van der Waals surface area (Å²) in [7, 11) is 0. The van der Waals surface area contributed by atoms with E-state index in [4.69, 9.17) is 4.74 Å². The van der Waals surface area contributed by atoms with E-state index in [2.05, 4.69) is 35.8 Å². The predicted molar refractivity (Wildman–Crippen MR) is 75.3 cm³/mol. The van der Waals surface area contributed by atoms with Gasteiger partial charge in [-0.25, -0.2) is 0 Å². The summed E-state index contributed by atoms with van der Waals surface area (Å²) in [6, 6.07) is 7.16. The second-order valence-corrected chi connectivity index (χ2v) is 4.93. The van der Waals surface area contributed by atoms with Crippen molar-refractivity contribution in [1.82, 2.24) is 10.6 Å². The predicted octanol–water partition coefficient (Wildman–Crippen LogP) is 1.89. The van der Waals surface area contributed by atoms with Gasteiger partial charge in [0, 0.05) is 12.6 Å². The van der Waals surface area contributed by atoms with Crippen molar-refractivity contribution in [2.45, 2.75) is 32.7 Å². The summed E-state index contributed by atoms with van der Waals surface area (Å²) in [5.74, 6) is 1.01. The third-order valence-electron chi connectivity index (χ3n) is 3.45. The molecule has 2 rings (SSSR count). The van der Waals surface area contributed by atoms with Crippen molar-refractivity contribution >= 4 is 0 Å². The number of benzene rings is 1. The van der Waals surface area contributed by atoms with Crippen LogP contribution in [0.1, 0.15) is 24.5 Å². The zero-order valence-electron chi connectivity index (χ0n) is 11.5. The number of aryl methyl sites for hydroxylation is 1. The second-order valence-electron chi connectivity index (χ2n) is 4.93. The van der Waals surface area contributed by atoms with Crippen molar-refractivity contribution in [2.24, 2.45) is 0 Å². The number of hydrogen-bond acceptors (Lipinski definition) is 3. The Hall–Kier alpha value is -1.06. The fourth-order valence-corrected chi connectivity index (χ4v) is 2.43. The fraction of sp³-hybridized carbons (Fsp3) is 0.600. The van der Waals surface area contributed by atoms with Crippen LogP contribution in [-0.2, 0) is 6.42 Å². The summed E-state index contributed by atoms with van der Waals surface area (Å²) in [5.41, 5.74) is 2.62. The van der Waals surface area contributed by atoms with E-state index < -0.39 is 0 Å². The Kier molecular flexibility index (Phi) is 5.02. The zero-order chi connectivity index (χ0) is 12.8. The first-order chi connectivity index (χ1) is 8.79. The molecule has 1 aliphatic rings. The van der Waals surface area contributed by atoms with Gasteiger partial charge in [0.15, 0.2) is 0 Å². The lowest BCUT2D eigenvalue weighted by atomic mass is 10.1. The molecule has 1 aromatic rings. The summed E-state index contributed by atoms with van der Waals surface area (Å²) in [6.45, 7) is 8.19. The van der Waals surface area contributed by atoms with E-state index in [0.717, 1.165) is 38.4 Å². The normalized spacial score (nSPS) is 19.1. The highest BCUT2D eigenvalue weighted by Gasteiger charge is 2.12. The number of rotatable bonds is 6. The maximum atomic E-state index is 5.55. The smallest absolute Gasteiger partial charge is 0.122 e. The molecule has 1 aliphatic heterocycles. The minimum absolute atomic E-state index is 0.661. The van der Waals surface area contributed by atoms with Crippen LogP contribution in [0.3, 0.4) is 0 Å². The topological polar surface area (TPSA) is 33.3 Å². The van der Waals surface area contributed by atoms with Gasteiger partial charge < -0.3 is 15.4 Å². The molecule has 0 spiro atoms. The van der Waals surface area contributed by atoms with Gasteiger partial charge in [-0.3, -0.25) is 0 Å². The Labute approximate surface area is 110 Å². The second kappa shape index (κ2) is 6.76. The zero-order valence-corrected chi connectivity index (χ0v) is 11.5. The van der Waals surface area contributed by atoms with Crippen molar-refractivity contribution in [1.29, 1.82) is 0 Å². The molecule has 3 heteroatoms. The molecule has 1 aromatic carbocycles. The van der Waals surface area contributed by atoms with Crippen LogP contribution < -0.4 is 15.4 Å². The van der Waals surface area contributed by atoms with Gasteiger partial charge in [0.2, 0.25) is 0 Å². The van der Waals surface area contributed by atoms with Gasteiger partial charge in [-0.15, -0.1) is 0 Å². The fourth-order valence-electron chi connectivity index (χ4n) is 2.43. The Morgan fingerprint density at radius 2 is 2.33 bits per heavy atom. The molecule has 0 radical (unpaired) electrons. The van der Waals surface area contributed by atoms with Crippen LogP contribution in [0.4, 0.5) is 0 Å². The maximum absolute atomic E-state index is 5.55. The van der Waals surface area contributed by atoms with E-state index in [-0.39, 0.29) is 0 Å². The van der Waals surface area contributed by atoms with E-state index in [1.807, 2.05) is 6.92 Å². The number of nitrogens with one attached hydrogen (secondary N) is 2. The molecule has 0 bridgehead atoms. The Bertz CT molecular complexity index is 373. The largest absolute Gasteiger partial charge is 0.494 e. The summed E-state index contributed by atoms with van der Waals surface area (Å²) in [6.07, 6.45) is 2.34. The quantitative estimate of drug-likeness (QED) is 0.806. The third-order valence-corrected chi connectivity index (χ3v) is 3.45. The van der Waals surface area contributed by atoms with Gasteiger partial charge in [-0.2, -0.15) is 0 Å². The molecule has 3 nitrogen and oxygen atoms in total. The SMILES string of the molecule is CCOc1ccc(CCNC2CCNC2)cc1C. The summed E-state index contributed by atoms with van der Waals surface area (Å²) in [4.78, 5) is 0. The monoisotopic (exact) mass is 248 g/mol. The lowest BCUT2D eigenvalue weighted by Gasteiger charge is -2.12. The van der Waals surface area contributed by atoms with E-state index in [1.54, 1.807) is 0 Å². The van der Waals surface area contributed by atoms with Gasteiger partial charge in [0.25, 0.3) is 0 Å². The molecular formula is C15H24N2O.